The van der Waals surface area contributed by atoms with E-state index in [-0.39, 0.29) is 5.91 Å². The molecule has 0 bridgehead atoms. The molecule has 13 heavy (non-hydrogen) atoms. The molecule has 1 N–H and O–H groups in total. The van der Waals surface area contributed by atoms with Crippen LogP contribution in [0.5, 0.6) is 0 Å². The molecule has 0 saturated carbocycles. The fourth-order valence-corrected chi connectivity index (χ4v) is 0.937. The van der Waals surface area contributed by atoms with Crippen molar-refractivity contribution in [3.63, 3.8) is 0 Å². The van der Waals surface area contributed by atoms with Crippen LogP contribution in [-0.2, 0) is 0 Å². The third-order valence-corrected chi connectivity index (χ3v) is 1.80. The molecule has 1 amide bonds. The molecule has 1 aromatic heterocycles. The van der Waals surface area contributed by atoms with Crippen LogP contribution in [0.15, 0.2) is 23.1 Å². The van der Waals surface area contributed by atoms with E-state index in [2.05, 4.69) is 11.9 Å². The van der Waals surface area contributed by atoms with Gasteiger partial charge in [-0.05, 0) is 25.5 Å². The summed E-state index contributed by atoms with van der Waals surface area (Å²) in [5.41, 5.74) is 0.990. The number of nitrogens with one attached hydrogen (secondary N) is 1. The summed E-state index contributed by atoms with van der Waals surface area (Å²) in [6, 6.07) is 1.73. The highest BCUT2D eigenvalue weighted by atomic mass is 16.3. The third kappa shape index (κ3) is 2.21. The van der Waals surface area contributed by atoms with Gasteiger partial charge in [0.1, 0.15) is 5.76 Å². The molecule has 0 spiro atoms. The molecule has 70 valence electrons. The second-order valence-electron chi connectivity index (χ2n) is 2.85. The molecule has 0 aromatic carbocycles. The quantitative estimate of drug-likeness (QED) is 0.719. The van der Waals surface area contributed by atoms with E-state index in [0.717, 1.165) is 11.3 Å². The molecule has 0 unspecified atom stereocenters. The topological polar surface area (TPSA) is 42.2 Å². The van der Waals surface area contributed by atoms with Crippen molar-refractivity contribution in [2.45, 2.75) is 13.8 Å². The lowest BCUT2D eigenvalue weighted by Gasteiger charge is -1.96. The van der Waals surface area contributed by atoms with Crippen molar-refractivity contribution in [1.29, 1.82) is 0 Å². The van der Waals surface area contributed by atoms with Crippen LogP contribution in [0.25, 0.3) is 0 Å². The van der Waals surface area contributed by atoms with Gasteiger partial charge >= 0.3 is 0 Å². The summed E-state index contributed by atoms with van der Waals surface area (Å²) in [6.45, 7) is 7.70. The SMILES string of the molecule is C=CCNC(=O)c1cc(C)c(C)o1. The minimum Gasteiger partial charge on any atom is -0.456 e. The Hall–Kier alpha value is -1.51. The van der Waals surface area contributed by atoms with Gasteiger partial charge in [0.05, 0.1) is 0 Å². The van der Waals surface area contributed by atoms with Crippen molar-refractivity contribution >= 4 is 5.91 Å². The first kappa shape index (κ1) is 9.58. The van der Waals surface area contributed by atoms with Gasteiger partial charge in [-0.15, -0.1) is 6.58 Å². The van der Waals surface area contributed by atoms with Gasteiger partial charge < -0.3 is 9.73 Å². The first-order valence-electron chi connectivity index (χ1n) is 4.11. The zero-order valence-corrected chi connectivity index (χ0v) is 7.89. The lowest BCUT2D eigenvalue weighted by atomic mass is 10.3. The fourth-order valence-electron chi connectivity index (χ4n) is 0.937. The Morgan fingerprint density at radius 1 is 1.69 bits per heavy atom. The molecular weight excluding hydrogens is 166 g/mol. The standard InChI is InChI=1S/C10H13NO2/c1-4-5-11-10(12)9-6-7(2)8(3)13-9/h4,6H,1,5H2,2-3H3,(H,11,12). The van der Waals surface area contributed by atoms with E-state index in [0.29, 0.717) is 12.3 Å². The van der Waals surface area contributed by atoms with Gasteiger partial charge in [0.15, 0.2) is 5.76 Å². The Kier molecular flexibility index (Phi) is 2.90. The van der Waals surface area contributed by atoms with Crippen molar-refractivity contribution < 1.29 is 9.21 Å². The summed E-state index contributed by atoms with van der Waals surface area (Å²) in [5.74, 6) is 0.941. The van der Waals surface area contributed by atoms with Gasteiger partial charge in [0.2, 0.25) is 0 Å². The highest BCUT2D eigenvalue weighted by Crippen LogP contribution is 2.12. The van der Waals surface area contributed by atoms with Gasteiger partial charge in [0, 0.05) is 6.54 Å². The van der Waals surface area contributed by atoms with Gasteiger partial charge in [-0.25, -0.2) is 0 Å². The predicted octanol–water partition coefficient (Wildman–Crippen LogP) is 1.81. The molecule has 0 aliphatic rings. The molecule has 0 aliphatic carbocycles. The monoisotopic (exact) mass is 179 g/mol. The second-order valence-corrected chi connectivity index (χ2v) is 2.85. The summed E-state index contributed by atoms with van der Waals surface area (Å²) in [4.78, 5) is 11.3. The third-order valence-electron chi connectivity index (χ3n) is 1.80. The Morgan fingerprint density at radius 3 is 2.85 bits per heavy atom. The first-order chi connectivity index (χ1) is 6.15. The number of amides is 1. The highest BCUT2D eigenvalue weighted by Gasteiger charge is 2.10. The molecule has 1 aromatic rings. The van der Waals surface area contributed by atoms with Crippen LogP contribution in [-0.4, -0.2) is 12.5 Å². The van der Waals surface area contributed by atoms with E-state index in [1.165, 1.54) is 0 Å². The zero-order valence-electron chi connectivity index (χ0n) is 7.89. The molecule has 0 saturated heterocycles. The smallest absolute Gasteiger partial charge is 0.287 e. The van der Waals surface area contributed by atoms with Crippen LogP contribution in [0.2, 0.25) is 0 Å². The van der Waals surface area contributed by atoms with E-state index in [9.17, 15) is 4.79 Å². The summed E-state index contributed by atoms with van der Waals surface area (Å²) in [5, 5.41) is 2.64. The normalized spacial score (nSPS) is 9.69. The minimum absolute atomic E-state index is 0.198. The van der Waals surface area contributed by atoms with E-state index in [1.807, 2.05) is 13.8 Å². The number of carbonyl (C=O) groups excluding carboxylic acids is 1. The van der Waals surface area contributed by atoms with Crippen molar-refractivity contribution in [3.05, 3.63) is 35.8 Å². The number of hydrogen-bond acceptors (Lipinski definition) is 2. The maximum Gasteiger partial charge on any atom is 0.287 e. The largest absolute Gasteiger partial charge is 0.456 e. The zero-order chi connectivity index (χ0) is 9.84. The molecule has 1 rings (SSSR count). The van der Waals surface area contributed by atoms with E-state index < -0.39 is 0 Å². The summed E-state index contributed by atoms with van der Waals surface area (Å²) < 4.78 is 5.23. The average molecular weight is 179 g/mol. The average Bonchev–Trinajstić information content (AvgIpc) is 2.43. The van der Waals surface area contributed by atoms with Crippen molar-refractivity contribution in [2.24, 2.45) is 0 Å². The Labute approximate surface area is 77.4 Å². The van der Waals surface area contributed by atoms with Crippen LogP contribution in [0.3, 0.4) is 0 Å². The molecule has 1 heterocycles. The lowest BCUT2D eigenvalue weighted by molar-refractivity contribution is 0.0929. The van der Waals surface area contributed by atoms with Crippen LogP contribution in [0.1, 0.15) is 21.9 Å². The molecule has 0 atom stereocenters. The van der Waals surface area contributed by atoms with E-state index in [1.54, 1.807) is 12.1 Å². The lowest BCUT2D eigenvalue weighted by Crippen LogP contribution is -2.22. The molecule has 0 aliphatic heterocycles. The van der Waals surface area contributed by atoms with Gasteiger partial charge in [0.25, 0.3) is 5.91 Å². The molecule has 0 fully saturated rings. The van der Waals surface area contributed by atoms with E-state index in [4.69, 9.17) is 4.42 Å². The van der Waals surface area contributed by atoms with Crippen LogP contribution in [0.4, 0.5) is 0 Å². The van der Waals surface area contributed by atoms with Crippen LogP contribution in [0, 0.1) is 13.8 Å². The second kappa shape index (κ2) is 3.94. The van der Waals surface area contributed by atoms with Gasteiger partial charge in [-0.3, -0.25) is 4.79 Å². The molecule has 3 nitrogen and oxygen atoms in total. The Morgan fingerprint density at radius 2 is 2.38 bits per heavy atom. The number of carbonyl (C=O) groups is 1. The van der Waals surface area contributed by atoms with Crippen LogP contribution >= 0.6 is 0 Å². The van der Waals surface area contributed by atoms with Crippen LogP contribution < -0.4 is 5.32 Å². The fraction of sp³-hybridized carbons (Fsp3) is 0.300. The summed E-state index contributed by atoms with van der Waals surface area (Å²) in [6.07, 6.45) is 1.63. The minimum atomic E-state index is -0.198. The number of furan rings is 1. The molecule has 3 heteroatoms. The van der Waals surface area contributed by atoms with Gasteiger partial charge in [-0.1, -0.05) is 6.08 Å². The number of rotatable bonds is 3. The maximum atomic E-state index is 11.3. The van der Waals surface area contributed by atoms with E-state index >= 15 is 0 Å². The number of hydrogen-bond donors (Lipinski definition) is 1. The molecular formula is C10H13NO2. The Balaban J connectivity index is 2.71. The summed E-state index contributed by atoms with van der Waals surface area (Å²) >= 11 is 0. The first-order valence-corrected chi connectivity index (χ1v) is 4.11. The van der Waals surface area contributed by atoms with Crippen molar-refractivity contribution in [1.82, 2.24) is 5.32 Å². The summed E-state index contributed by atoms with van der Waals surface area (Å²) in [7, 11) is 0. The highest BCUT2D eigenvalue weighted by molar-refractivity contribution is 5.91. The molecule has 0 radical (unpaired) electrons. The van der Waals surface area contributed by atoms with Crippen molar-refractivity contribution in [3.8, 4) is 0 Å². The van der Waals surface area contributed by atoms with Crippen molar-refractivity contribution in [2.75, 3.05) is 6.54 Å². The maximum absolute atomic E-state index is 11.3. The predicted molar refractivity (Wildman–Crippen MR) is 50.7 cm³/mol. The van der Waals surface area contributed by atoms with Gasteiger partial charge in [-0.2, -0.15) is 0 Å². The Bertz CT molecular complexity index is 306. The number of aryl methyl sites for hydroxylation is 2.